The summed E-state index contributed by atoms with van der Waals surface area (Å²) < 4.78 is 25.4. The maximum Gasteiger partial charge on any atom is 0.232 e. The van der Waals surface area contributed by atoms with E-state index in [4.69, 9.17) is 0 Å². The van der Waals surface area contributed by atoms with Gasteiger partial charge in [0.15, 0.2) is 0 Å². The SMILES string of the molecule is CON(F)C(F)c1ccccc1. The highest BCUT2D eigenvalue weighted by molar-refractivity contribution is 5.16. The van der Waals surface area contributed by atoms with Gasteiger partial charge in [0.25, 0.3) is 0 Å². The third kappa shape index (κ3) is 1.99. The van der Waals surface area contributed by atoms with E-state index >= 15 is 0 Å². The Kier molecular flexibility index (Phi) is 3.13. The van der Waals surface area contributed by atoms with Crippen LogP contribution >= 0.6 is 0 Å². The minimum atomic E-state index is -1.86. The zero-order valence-corrected chi connectivity index (χ0v) is 6.58. The fourth-order valence-corrected chi connectivity index (χ4v) is 0.822. The van der Waals surface area contributed by atoms with Gasteiger partial charge in [-0.15, -0.1) is 4.48 Å². The van der Waals surface area contributed by atoms with Crippen molar-refractivity contribution in [2.45, 2.75) is 6.30 Å². The van der Waals surface area contributed by atoms with Crippen LogP contribution in [0.3, 0.4) is 0 Å². The van der Waals surface area contributed by atoms with Gasteiger partial charge in [0.1, 0.15) is 0 Å². The Balaban J connectivity index is 2.71. The van der Waals surface area contributed by atoms with Crippen LogP contribution in [0.5, 0.6) is 0 Å². The van der Waals surface area contributed by atoms with Crippen LogP contribution in [0.1, 0.15) is 11.9 Å². The Morgan fingerprint density at radius 3 is 2.42 bits per heavy atom. The third-order valence-corrected chi connectivity index (χ3v) is 1.43. The average molecular weight is 173 g/mol. The molecule has 0 amide bonds. The highest BCUT2D eigenvalue weighted by atomic mass is 19.2. The molecule has 12 heavy (non-hydrogen) atoms. The summed E-state index contributed by atoms with van der Waals surface area (Å²) in [6.07, 6.45) is -1.86. The minimum absolute atomic E-state index is 0.224. The molecule has 0 saturated heterocycles. The van der Waals surface area contributed by atoms with Gasteiger partial charge < -0.3 is 0 Å². The number of halogens is 2. The van der Waals surface area contributed by atoms with Crippen molar-refractivity contribution in [1.29, 1.82) is 0 Å². The van der Waals surface area contributed by atoms with Gasteiger partial charge in [-0.1, -0.05) is 30.3 Å². The topological polar surface area (TPSA) is 12.5 Å². The van der Waals surface area contributed by atoms with Crippen molar-refractivity contribution in [3.8, 4) is 0 Å². The standard InChI is InChI=1S/C8H9F2NO/c1-12-11(10)8(9)7-5-3-2-4-6-7/h2-6,8H,1H3. The molecule has 1 unspecified atom stereocenters. The molecule has 0 fully saturated rings. The van der Waals surface area contributed by atoms with E-state index in [-0.39, 0.29) is 10.8 Å². The highest BCUT2D eigenvalue weighted by Gasteiger charge is 2.18. The van der Waals surface area contributed by atoms with Gasteiger partial charge in [0.2, 0.25) is 6.30 Å². The summed E-state index contributed by atoms with van der Waals surface area (Å²) in [7, 11) is 1.06. The lowest BCUT2D eigenvalue weighted by Gasteiger charge is -2.13. The van der Waals surface area contributed by atoms with Crippen molar-refractivity contribution in [2.24, 2.45) is 0 Å². The zero-order valence-electron chi connectivity index (χ0n) is 6.58. The second-order valence-electron chi connectivity index (χ2n) is 2.20. The Morgan fingerprint density at radius 1 is 1.33 bits per heavy atom. The molecule has 0 aliphatic carbocycles. The number of hydrogen-bond acceptors (Lipinski definition) is 2. The predicted molar refractivity (Wildman–Crippen MR) is 40.2 cm³/mol. The predicted octanol–water partition coefficient (Wildman–Crippen LogP) is 2.40. The molecule has 1 aromatic rings. The second kappa shape index (κ2) is 4.13. The molecule has 1 atom stereocenters. The molecule has 1 rings (SSSR count). The summed E-state index contributed by atoms with van der Waals surface area (Å²) in [5, 5.41) is -0.338. The molecule has 0 saturated carbocycles. The summed E-state index contributed by atoms with van der Waals surface area (Å²) in [6.45, 7) is 0. The molecular formula is C8H9F2NO. The van der Waals surface area contributed by atoms with E-state index < -0.39 is 6.30 Å². The van der Waals surface area contributed by atoms with Gasteiger partial charge in [0.05, 0.1) is 7.11 Å². The van der Waals surface area contributed by atoms with E-state index in [1.165, 1.54) is 12.1 Å². The minimum Gasteiger partial charge on any atom is -0.271 e. The van der Waals surface area contributed by atoms with E-state index in [1.54, 1.807) is 18.2 Å². The maximum atomic E-state index is 13.0. The Hall–Kier alpha value is -1.00. The normalized spacial score (nSPS) is 13.3. The average Bonchev–Trinajstić information content (AvgIpc) is 2.17. The molecule has 0 spiro atoms. The number of hydroxylamine groups is 1. The van der Waals surface area contributed by atoms with E-state index in [0.29, 0.717) is 0 Å². The number of alkyl halides is 1. The third-order valence-electron chi connectivity index (χ3n) is 1.43. The van der Waals surface area contributed by atoms with E-state index in [2.05, 4.69) is 4.84 Å². The molecule has 1 aromatic carbocycles. The van der Waals surface area contributed by atoms with Gasteiger partial charge in [-0.2, -0.15) is 0 Å². The van der Waals surface area contributed by atoms with Gasteiger partial charge in [0, 0.05) is 10.8 Å². The molecule has 2 nitrogen and oxygen atoms in total. The quantitative estimate of drug-likeness (QED) is 0.395. The number of benzene rings is 1. The van der Waals surface area contributed by atoms with E-state index in [0.717, 1.165) is 7.11 Å². The van der Waals surface area contributed by atoms with E-state index in [1.807, 2.05) is 0 Å². The Morgan fingerprint density at radius 2 is 1.92 bits per heavy atom. The molecule has 0 aliphatic heterocycles. The number of hydrogen-bond donors (Lipinski definition) is 0. The lowest BCUT2D eigenvalue weighted by atomic mass is 10.2. The van der Waals surface area contributed by atoms with Crippen LogP contribution < -0.4 is 0 Å². The molecular weight excluding hydrogens is 164 g/mol. The van der Waals surface area contributed by atoms with Crippen molar-refractivity contribution in [2.75, 3.05) is 7.11 Å². The van der Waals surface area contributed by atoms with Crippen LogP contribution in [-0.2, 0) is 4.84 Å². The summed E-state index contributed by atoms with van der Waals surface area (Å²) >= 11 is 0. The zero-order chi connectivity index (χ0) is 8.97. The van der Waals surface area contributed by atoms with Crippen molar-refractivity contribution >= 4 is 0 Å². The highest BCUT2D eigenvalue weighted by Crippen LogP contribution is 2.21. The van der Waals surface area contributed by atoms with Crippen LogP contribution in [0, 0.1) is 0 Å². The molecule has 0 radical (unpaired) electrons. The first kappa shape index (κ1) is 9.09. The number of rotatable bonds is 3. The summed E-state index contributed by atoms with van der Waals surface area (Å²) in [5.41, 5.74) is 0.224. The molecule has 66 valence electrons. The van der Waals surface area contributed by atoms with Crippen molar-refractivity contribution in [3.63, 3.8) is 0 Å². The first-order valence-corrected chi connectivity index (χ1v) is 3.44. The largest absolute Gasteiger partial charge is 0.271 e. The van der Waals surface area contributed by atoms with Crippen LogP contribution in [0.25, 0.3) is 0 Å². The first-order valence-electron chi connectivity index (χ1n) is 3.44. The van der Waals surface area contributed by atoms with Crippen molar-refractivity contribution in [1.82, 2.24) is 5.29 Å². The van der Waals surface area contributed by atoms with Crippen molar-refractivity contribution < 1.29 is 13.7 Å². The summed E-state index contributed by atoms with van der Waals surface area (Å²) in [6, 6.07) is 7.95. The maximum absolute atomic E-state index is 13.0. The first-order chi connectivity index (χ1) is 5.75. The fourth-order valence-electron chi connectivity index (χ4n) is 0.822. The fraction of sp³-hybridized carbons (Fsp3) is 0.250. The van der Waals surface area contributed by atoms with Crippen LogP contribution in [0.15, 0.2) is 30.3 Å². The van der Waals surface area contributed by atoms with Gasteiger partial charge in [-0.05, 0) is 0 Å². The Labute approximate surface area is 69.3 Å². The second-order valence-corrected chi connectivity index (χ2v) is 2.20. The van der Waals surface area contributed by atoms with Crippen molar-refractivity contribution in [3.05, 3.63) is 35.9 Å². The smallest absolute Gasteiger partial charge is 0.232 e. The van der Waals surface area contributed by atoms with Gasteiger partial charge in [-0.3, -0.25) is 4.84 Å². The van der Waals surface area contributed by atoms with Crippen LogP contribution in [0.2, 0.25) is 0 Å². The van der Waals surface area contributed by atoms with Gasteiger partial charge in [-0.25, -0.2) is 4.39 Å². The molecule has 0 bridgehead atoms. The molecule has 0 aliphatic rings. The molecule has 0 N–H and O–H groups in total. The number of nitrogens with zero attached hydrogens (tertiary/aromatic N) is 1. The van der Waals surface area contributed by atoms with Crippen LogP contribution in [0.4, 0.5) is 8.87 Å². The molecule has 4 heteroatoms. The molecule has 0 aromatic heterocycles. The molecule has 0 heterocycles. The lowest BCUT2D eigenvalue weighted by molar-refractivity contribution is -0.316. The summed E-state index contributed by atoms with van der Waals surface area (Å²) in [4.78, 5) is 4.06. The van der Waals surface area contributed by atoms with Gasteiger partial charge >= 0.3 is 0 Å². The van der Waals surface area contributed by atoms with Crippen LogP contribution in [-0.4, -0.2) is 12.4 Å². The summed E-state index contributed by atoms with van der Waals surface area (Å²) in [5.74, 6) is 0. The Bertz CT molecular complexity index is 230. The lowest BCUT2D eigenvalue weighted by Crippen LogP contribution is -2.15. The monoisotopic (exact) mass is 173 g/mol. The van der Waals surface area contributed by atoms with E-state index in [9.17, 15) is 8.87 Å².